The first kappa shape index (κ1) is 23.2. The summed E-state index contributed by atoms with van der Waals surface area (Å²) in [6.07, 6.45) is 1.67. The first-order valence-corrected chi connectivity index (χ1v) is 12.9. The molecular formula is C24H28FN3O4S. The molecule has 0 bridgehead atoms. The smallest absolute Gasteiger partial charge is 0.255 e. The van der Waals surface area contributed by atoms with Crippen LogP contribution >= 0.6 is 0 Å². The molecule has 176 valence electrons. The van der Waals surface area contributed by atoms with Crippen LogP contribution in [0, 0.1) is 19.7 Å². The number of amides is 2. The Morgan fingerprint density at radius 3 is 2.36 bits per heavy atom. The molecule has 2 aromatic carbocycles. The van der Waals surface area contributed by atoms with E-state index in [9.17, 15) is 22.4 Å². The Morgan fingerprint density at radius 2 is 1.76 bits per heavy atom. The van der Waals surface area contributed by atoms with Crippen LogP contribution < -0.4 is 10.2 Å². The number of hydrogen-bond acceptors (Lipinski definition) is 5. The Bertz CT molecular complexity index is 1220. The van der Waals surface area contributed by atoms with Crippen LogP contribution in [0.3, 0.4) is 0 Å². The van der Waals surface area contributed by atoms with Gasteiger partial charge in [-0.25, -0.2) is 12.8 Å². The second-order valence-corrected chi connectivity index (χ2v) is 10.8. The summed E-state index contributed by atoms with van der Waals surface area (Å²) in [6, 6.07) is 8.00. The van der Waals surface area contributed by atoms with E-state index in [1.54, 1.807) is 17.9 Å². The molecule has 0 spiro atoms. The summed E-state index contributed by atoms with van der Waals surface area (Å²) in [4.78, 5) is 28.9. The second kappa shape index (κ2) is 8.78. The molecule has 2 aromatic rings. The molecule has 2 heterocycles. The van der Waals surface area contributed by atoms with E-state index in [1.165, 1.54) is 18.2 Å². The van der Waals surface area contributed by atoms with Gasteiger partial charge in [0, 0.05) is 44.7 Å². The van der Waals surface area contributed by atoms with Crippen LogP contribution in [0.4, 0.5) is 10.1 Å². The van der Waals surface area contributed by atoms with Crippen LogP contribution in [0.2, 0.25) is 0 Å². The van der Waals surface area contributed by atoms with E-state index in [4.69, 9.17) is 0 Å². The molecule has 2 amide bonds. The van der Waals surface area contributed by atoms with Gasteiger partial charge in [0.15, 0.2) is 9.84 Å². The molecule has 1 N–H and O–H groups in total. The minimum Gasteiger partial charge on any atom is -0.368 e. The van der Waals surface area contributed by atoms with E-state index < -0.39 is 15.8 Å². The van der Waals surface area contributed by atoms with Crippen LogP contribution in [-0.4, -0.2) is 64.1 Å². The van der Waals surface area contributed by atoms with Gasteiger partial charge in [-0.05, 0) is 55.2 Å². The molecule has 0 aliphatic carbocycles. The molecule has 0 aromatic heterocycles. The second-order valence-electron chi connectivity index (χ2n) is 8.83. The first-order valence-electron chi connectivity index (χ1n) is 11.0. The molecule has 1 unspecified atom stereocenters. The zero-order chi connectivity index (χ0) is 23.9. The van der Waals surface area contributed by atoms with Crippen LogP contribution in [0.15, 0.2) is 35.2 Å². The molecule has 2 aliphatic rings. The average molecular weight is 474 g/mol. The fraction of sp³-hybridized carbons (Fsp3) is 0.417. The lowest BCUT2D eigenvalue weighted by Gasteiger charge is -2.37. The highest BCUT2D eigenvalue weighted by Gasteiger charge is 2.31. The maximum atomic E-state index is 14.1. The normalized spacial score (nSPS) is 19.0. The molecule has 2 aliphatic heterocycles. The van der Waals surface area contributed by atoms with E-state index in [1.807, 2.05) is 17.9 Å². The number of carbonyl (C=O) groups is 2. The lowest BCUT2D eigenvalue weighted by atomic mass is 9.96. The topological polar surface area (TPSA) is 86.8 Å². The third-order valence-electron chi connectivity index (χ3n) is 6.47. The Balaban J connectivity index is 1.55. The van der Waals surface area contributed by atoms with Crippen LogP contribution in [0.5, 0.6) is 0 Å². The summed E-state index contributed by atoms with van der Waals surface area (Å²) >= 11 is 0. The molecule has 2 fully saturated rings. The summed E-state index contributed by atoms with van der Waals surface area (Å²) in [5, 5.41) is 2.75. The van der Waals surface area contributed by atoms with Gasteiger partial charge in [0.2, 0.25) is 5.91 Å². The van der Waals surface area contributed by atoms with E-state index in [0.717, 1.165) is 17.5 Å². The van der Waals surface area contributed by atoms with Gasteiger partial charge < -0.3 is 15.1 Å². The van der Waals surface area contributed by atoms with Crippen molar-refractivity contribution in [2.24, 2.45) is 0 Å². The molecule has 9 heteroatoms. The Labute approximate surface area is 193 Å². The lowest BCUT2D eigenvalue weighted by Crippen LogP contribution is -2.49. The highest BCUT2D eigenvalue weighted by atomic mass is 32.2. The average Bonchev–Trinajstić information content (AvgIpc) is 3.21. The lowest BCUT2D eigenvalue weighted by molar-refractivity contribution is -0.120. The maximum Gasteiger partial charge on any atom is 0.255 e. The number of halogens is 1. The number of sulfone groups is 1. The van der Waals surface area contributed by atoms with Crippen molar-refractivity contribution in [1.82, 2.24) is 10.2 Å². The number of nitrogens with one attached hydrogen (secondary N) is 1. The van der Waals surface area contributed by atoms with Crippen molar-refractivity contribution in [3.05, 3.63) is 58.4 Å². The van der Waals surface area contributed by atoms with Gasteiger partial charge in [-0.15, -0.1) is 0 Å². The van der Waals surface area contributed by atoms with Crippen molar-refractivity contribution in [3.8, 4) is 0 Å². The van der Waals surface area contributed by atoms with Crippen molar-refractivity contribution in [2.45, 2.75) is 31.1 Å². The van der Waals surface area contributed by atoms with Gasteiger partial charge in [-0.2, -0.15) is 0 Å². The minimum absolute atomic E-state index is 0.0522. The Hall–Kier alpha value is -2.94. The van der Waals surface area contributed by atoms with Crippen molar-refractivity contribution < 1.29 is 22.4 Å². The minimum atomic E-state index is -3.69. The van der Waals surface area contributed by atoms with Crippen LogP contribution in [0.25, 0.3) is 0 Å². The predicted octanol–water partition coefficient (Wildman–Crippen LogP) is 2.41. The number of nitrogens with zero attached hydrogens (tertiary/aromatic N) is 2. The molecule has 2 saturated heterocycles. The van der Waals surface area contributed by atoms with E-state index >= 15 is 0 Å². The summed E-state index contributed by atoms with van der Waals surface area (Å²) in [7, 11) is -3.69. The van der Waals surface area contributed by atoms with E-state index in [-0.39, 0.29) is 28.1 Å². The number of anilines is 1. The predicted molar refractivity (Wildman–Crippen MR) is 124 cm³/mol. The van der Waals surface area contributed by atoms with E-state index in [0.29, 0.717) is 50.3 Å². The van der Waals surface area contributed by atoms with Gasteiger partial charge in [0.1, 0.15) is 5.82 Å². The number of hydrogen-bond donors (Lipinski definition) is 1. The summed E-state index contributed by atoms with van der Waals surface area (Å²) < 4.78 is 39.1. The number of benzene rings is 2. The van der Waals surface area contributed by atoms with E-state index in [2.05, 4.69) is 5.32 Å². The van der Waals surface area contributed by atoms with Crippen molar-refractivity contribution in [1.29, 1.82) is 0 Å². The standard InChI is InChI=1S/C24H28FN3O4S/c1-15-12-16(2)21(14-20(15)25)27-8-10-28(11-9-27)24(30)19-5-4-17(13-22(19)33(3,31)32)18-6-7-26-23(18)29/h4-5,12-14,18H,6-11H2,1-3H3,(H,26,29). The SMILES string of the molecule is Cc1cc(C)c(N2CCN(C(=O)c3ccc(C4CCNC4=O)cc3S(C)(=O)=O)CC2)cc1F. The first-order chi connectivity index (χ1) is 15.6. The monoisotopic (exact) mass is 473 g/mol. The molecule has 1 atom stereocenters. The number of piperazine rings is 1. The number of carbonyl (C=O) groups excluding carboxylic acids is 2. The van der Waals surface area contributed by atoms with Crippen molar-refractivity contribution >= 4 is 27.3 Å². The summed E-state index contributed by atoms with van der Waals surface area (Å²) in [5.74, 6) is -1.16. The molecule has 0 radical (unpaired) electrons. The summed E-state index contributed by atoms with van der Waals surface area (Å²) in [5.41, 5.74) is 3.09. The van der Waals surface area contributed by atoms with Crippen LogP contribution in [-0.2, 0) is 14.6 Å². The molecule has 0 saturated carbocycles. The largest absolute Gasteiger partial charge is 0.368 e. The molecule has 7 nitrogen and oxygen atoms in total. The highest BCUT2D eigenvalue weighted by molar-refractivity contribution is 7.90. The quantitative estimate of drug-likeness (QED) is 0.737. The van der Waals surface area contributed by atoms with Crippen LogP contribution in [0.1, 0.15) is 39.4 Å². The Morgan fingerprint density at radius 1 is 1.06 bits per heavy atom. The zero-order valence-corrected chi connectivity index (χ0v) is 19.8. The summed E-state index contributed by atoms with van der Waals surface area (Å²) in [6.45, 7) is 6.03. The van der Waals surface area contributed by atoms with Crippen molar-refractivity contribution in [3.63, 3.8) is 0 Å². The van der Waals surface area contributed by atoms with Gasteiger partial charge in [-0.3, -0.25) is 9.59 Å². The van der Waals surface area contributed by atoms with Gasteiger partial charge in [-0.1, -0.05) is 12.1 Å². The van der Waals surface area contributed by atoms with Gasteiger partial charge >= 0.3 is 0 Å². The molecular weight excluding hydrogens is 445 g/mol. The fourth-order valence-corrected chi connectivity index (χ4v) is 5.53. The highest BCUT2D eigenvalue weighted by Crippen LogP contribution is 2.29. The van der Waals surface area contributed by atoms with Crippen molar-refractivity contribution in [2.75, 3.05) is 43.9 Å². The Kier molecular flexibility index (Phi) is 6.18. The zero-order valence-electron chi connectivity index (χ0n) is 19.0. The molecule has 33 heavy (non-hydrogen) atoms. The molecule has 4 rings (SSSR count). The van der Waals surface area contributed by atoms with Gasteiger partial charge in [0.05, 0.1) is 16.4 Å². The third kappa shape index (κ3) is 4.59. The maximum absolute atomic E-state index is 14.1. The van der Waals surface area contributed by atoms with Gasteiger partial charge in [0.25, 0.3) is 5.91 Å². The third-order valence-corrected chi connectivity index (χ3v) is 7.61. The number of rotatable bonds is 4. The fourth-order valence-electron chi connectivity index (χ4n) is 4.63. The number of aryl methyl sites for hydroxylation is 2.